The number of fused-ring (bicyclic) bond motifs is 1. The maximum Gasteiger partial charge on any atom is 0.336 e. The molecule has 2 amide bonds. The Morgan fingerprint density at radius 1 is 0.974 bits per heavy atom. The molecule has 2 aromatic carbocycles. The molecule has 0 spiro atoms. The lowest BCUT2D eigenvalue weighted by molar-refractivity contribution is -0.384. The fourth-order valence-corrected chi connectivity index (χ4v) is 3.84. The normalized spacial score (nSPS) is 13.2. The number of carbonyl (C=O) groups excluding carboxylic acids is 1. The van der Waals surface area contributed by atoms with E-state index in [4.69, 9.17) is 9.15 Å². The number of nitro benzene ring substituents is 1. The largest absolute Gasteiger partial charge is 0.423 e. The SMILES string of the molecule is Cc1cc(=O)oc2cc(Nc3nc(NC(=O)Nc4ccc([N+](=O)[O-])cc4)nc(N4CCOCC4)n3)ccc12. The molecule has 1 aliphatic heterocycles. The van der Waals surface area contributed by atoms with E-state index < -0.39 is 16.6 Å². The summed E-state index contributed by atoms with van der Waals surface area (Å²) in [5, 5.41) is 19.9. The molecule has 1 aliphatic rings. The first-order chi connectivity index (χ1) is 18.3. The van der Waals surface area contributed by atoms with Crippen molar-refractivity contribution in [2.75, 3.05) is 47.2 Å². The molecule has 194 valence electrons. The molecule has 0 atom stereocenters. The first kappa shape index (κ1) is 24.6. The standard InChI is InChI=1S/C24H22N8O6/c1-14-12-20(33)38-19-13-16(4-7-18(14)19)25-21-27-22(29-23(28-21)31-8-10-37-11-9-31)30-24(34)26-15-2-5-17(6-3-15)32(35)36/h2-7,12-13H,8-11H2,1H3,(H3,25,26,27,28,29,30,34). The van der Waals surface area contributed by atoms with Crippen molar-refractivity contribution in [1.82, 2.24) is 15.0 Å². The minimum atomic E-state index is -0.646. The number of aryl methyl sites for hydroxylation is 1. The minimum Gasteiger partial charge on any atom is -0.423 e. The summed E-state index contributed by atoms with van der Waals surface area (Å²) >= 11 is 0. The Balaban J connectivity index is 1.40. The molecule has 1 saturated heterocycles. The van der Waals surface area contributed by atoms with Gasteiger partial charge < -0.3 is 24.7 Å². The van der Waals surface area contributed by atoms with E-state index in [1.165, 1.54) is 30.3 Å². The first-order valence-corrected chi connectivity index (χ1v) is 11.6. The number of benzene rings is 2. The van der Waals surface area contributed by atoms with Gasteiger partial charge in [-0.1, -0.05) is 0 Å². The zero-order valence-corrected chi connectivity index (χ0v) is 20.1. The summed E-state index contributed by atoms with van der Waals surface area (Å²) in [5.41, 5.74) is 1.56. The van der Waals surface area contributed by atoms with Crippen molar-refractivity contribution >= 4 is 51.9 Å². The van der Waals surface area contributed by atoms with Gasteiger partial charge in [-0.3, -0.25) is 15.4 Å². The third-order valence-corrected chi connectivity index (χ3v) is 5.69. The molecule has 2 aromatic heterocycles. The van der Waals surface area contributed by atoms with Gasteiger partial charge >= 0.3 is 11.7 Å². The van der Waals surface area contributed by atoms with Gasteiger partial charge in [-0.15, -0.1) is 0 Å². The predicted octanol–water partition coefficient (Wildman–Crippen LogP) is 3.42. The quantitative estimate of drug-likeness (QED) is 0.193. The number of amides is 2. The lowest BCUT2D eigenvalue weighted by Crippen LogP contribution is -2.37. The van der Waals surface area contributed by atoms with Gasteiger partial charge in [0, 0.05) is 54.1 Å². The maximum atomic E-state index is 12.6. The molecule has 0 unspecified atom stereocenters. The van der Waals surface area contributed by atoms with Crippen molar-refractivity contribution in [3.05, 3.63) is 74.6 Å². The molecular weight excluding hydrogens is 496 g/mol. The van der Waals surface area contributed by atoms with E-state index in [9.17, 15) is 19.7 Å². The van der Waals surface area contributed by atoms with Gasteiger partial charge in [0.25, 0.3) is 5.69 Å². The highest BCUT2D eigenvalue weighted by molar-refractivity contribution is 5.98. The Kier molecular flexibility index (Phi) is 6.78. The number of nitrogens with zero attached hydrogens (tertiary/aromatic N) is 5. The molecule has 14 heteroatoms. The molecule has 4 aromatic rings. The van der Waals surface area contributed by atoms with Gasteiger partial charge in [0.05, 0.1) is 18.1 Å². The van der Waals surface area contributed by atoms with Crippen LogP contribution in [-0.2, 0) is 4.74 Å². The second kappa shape index (κ2) is 10.5. The number of aromatic nitrogens is 3. The molecule has 1 fully saturated rings. The van der Waals surface area contributed by atoms with E-state index in [-0.39, 0.29) is 17.6 Å². The van der Waals surface area contributed by atoms with E-state index in [1.54, 1.807) is 12.1 Å². The highest BCUT2D eigenvalue weighted by atomic mass is 16.6. The molecular formula is C24H22N8O6. The van der Waals surface area contributed by atoms with E-state index in [1.807, 2.05) is 17.9 Å². The predicted molar refractivity (Wildman–Crippen MR) is 139 cm³/mol. The minimum absolute atomic E-state index is 0.0217. The van der Waals surface area contributed by atoms with Crippen molar-refractivity contribution in [2.24, 2.45) is 0 Å². The van der Waals surface area contributed by atoms with Crippen LogP contribution in [0.25, 0.3) is 11.0 Å². The van der Waals surface area contributed by atoms with Gasteiger partial charge in [-0.05, 0) is 36.8 Å². The van der Waals surface area contributed by atoms with Gasteiger partial charge in [0.2, 0.25) is 17.8 Å². The molecule has 3 N–H and O–H groups in total. The van der Waals surface area contributed by atoms with Gasteiger partial charge in [-0.25, -0.2) is 9.59 Å². The summed E-state index contributed by atoms with van der Waals surface area (Å²) in [6.45, 7) is 3.94. The highest BCUT2D eigenvalue weighted by Crippen LogP contribution is 2.24. The monoisotopic (exact) mass is 518 g/mol. The average molecular weight is 518 g/mol. The third kappa shape index (κ3) is 5.65. The number of ether oxygens (including phenoxy) is 1. The van der Waals surface area contributed by atoms with E-state index in [0.29, 0.717) is 49.2 Å². The summed E-state index contributed by atoms with van der Waals surface area (Å²) in [7, 11) is 0. The van der Waals surface area contributed by atoms with Crippen LogP contribution < -0.4 is 26.5 Å². The van der Waals surface area contributed by atoms with Crippen LogP contribution in [0, 0.1) is 17.0 Å². The van der Waals surface area contributed by atoms with Crippen LogP contribution >= 0.6 is 0 Å². The van der Waals surface area contributed by atoms with Crippen molar-refractivity contribution in [1.29, 1.82) is 0 Å². The number of hydrogen-bond donors (Lipinski definition) is 3. The fraction of sp³-hybridized carbons (Fsp3) is 0.208. The van der Waals surface area contributed by atoms with Gasteiger partial charge in [-0.2, -0.15) is 15.0 Å². The molecule has 0 saturated carbocycles. The number of non-ortho nitro benzene ring substituents is 1. The van der Waals surface area contributed by atoms with Crippen LogP contribution in [0.15, 0.2) is 57.7 Å². The lowest BCUT2D eigenvalue weighted by atomic mass is 10.1. The third-order valence-electron chi connectivity index (χ3n) is 5.69. The molecule has 14 nitrogen and oxygen atoms in total. The van der Waals surface area contributed by atoms with E-state index >= 15 is 0 Å². The molecule has 5 rings (SSSR count). The number of anilines is 5. The number of morpholine rings is 1. The second-order valence-electron chi connectivity index (χ2n) is 8.35. The van der Waals surface area contributed by atoms with E-state index in [2.05, 4.69) is 30.9 Å². The maximum absolute atomic E-state index is 12.6. The topological polar surface area (TPSA) is 178 Å². The van der Waals surface area contributed by atoms with Crippen LogP contribution in [0.4, 0.5) is 39.7 Å². The van der Waals surface area contributed by atoms with Crippen LogP contribution in [-0.4, -0.2) is 52.2 Å². The molecule has 38 heavy (non-hydrogen) atoms. The second-order valence-corrected chi connectivity index (χ2v) is 8.35. The summed E-state index contributed by atoms with van der Waals surface area (Å²) in [4.78, 5) is 49.8. The number of nitrogens with one attached hydrogen (secondary N) is 3. The van der Waals surface area contributed by atoms with Crippen LogP contribution in [0.2, 0.25) is 0 Å². The number of urea groups is 1. The number of hydrogen-bond acceptors (Lipinski definition) is 11. The van der Waals surface area contributed by atoms with Crippen molar-refractivity contribution in [3.8, 4) is 0 Å². The summed E-state index contributed by atoms with van der Waals surface area (Å²) < 4.78 is 10.7. The Hall–Kier alpha value is -5.11. The van der Waals surface area contributed by atoms with Gasteiger partial charge in [0.1, 0.15) is 5.58 Å². The zero-order valence-electron chi connectivity index (χ0n) is 20.1. The summed E-state index contributed by atoms with van der Waals surface area (Å²) in [5.74, 6) is 0.465. The highest BCUT2D eigenvalue weighted by Gasteiger charge is 2.18. The molecule has 3 heterocycles. The van der Waals surface area contributed by atoms with Crippen LogP contribution in [0.5, 0.6) is 0 Å². The fourth-order valence-electron chi connectivity index (χ4n) is 3.84. The van der Waals surface area contributed by atoms with Gasteiger partial charge in [0.15, 0.2) is 0 Å². The molecule has 0 aliphatic carbocycles. The average Bonchev–Trinajstić information content (AvgIpc) is 2.89. The Bertz CT molecular complexity index is 1570. The number of carbonyl (C=O) groups is 1. The molecule has 0 radical (unpaired) electrons. The van der Waals surface area contributed by atoms with E-state index in [0.717, 1.165) is 10.9 Å². The Morgan fingerprint density at radius 3 is 2.42 bits per heavy atom. The Labute approximate surface area is 214 Å². The van der Waals surface area contributed by atoms with Crippen molar-refractivity contribution < 1.29 is 18.9 Å². The lowest BCUT2D eigenvalue weighted by Gasteiger charge is -2.27. The van der Waals surface area contributed by atoms with Crippen LogP contribution in [0.1, 0.15) is 5.56 Å². The Morgan fingerprint density at radius 2 is 1.68 bits per heavy atom. The van der Waals surface area contributed by atoms with Crippen LogP contribution in [0.3, 0.4) is 0 Å². The zero-order chi connectivity index (χ0) is 26.6. The summed E-state index contributed by atoms with van der Waals surface area (Å²) in [6.07, 6.45) is 0. The van der Waals surface area contributed by atoms with Crippen molar-refractivity contribution in [2.45, 2.75) is 6.92 Å². The molecule has 0 bridgehead atoms. The summed E-state index contributed by atoms with van der Waals surface area (Å²) in [6, 6.07) is 11.4. The van der Waals surface area contributed by atoms with Crippen molar-refractivity contribution in [3.63, 3.8) is 0 Å². The first-order valence-electron chi connectivity index (χ1n) is 11.6. The number of rotatable bonds is 6. The number of nitro groups is 1. The smallest absolute Gasteiger partial charge is 0.336 e.